The molecule has 3 aromatic rings. The number of aryl methyl sites for hydroxylation is 1. The molecule has 236 valence electrons. The molecule has 1 atom stereocenters. The van der Waals surface area contributed by atoms with Crippen molar-refractivity contribution in [2.24, 2.45) is 0 Å². The van der Waals surface area contributed by atoms with E-state index in [1.54, 1.807) is 43.3 Å². The summed E-state index contributed by atoms with van der Waals surface area (Å²) in [7, 11) is -2.90. The van der Waals surface area contributed by atoms with Gasteiger partial charge in [0.25, 0.3) is 10.0 Å². The summed E-state index contributed by atoms with van der Waals surface area (Å²) < 4.78 is 34.7. The minimum atomic E-state index is -4.30. The number of nitrogens with one attached hydrogen (secondary N) is 1. The van der Waals surface area contributed by atoms with Gasteiger partial charge in [0.2, 0.25) is 11.8 Å². The van der Waals surface area contributed by atoms with E-state index in [2.05, 4.69) is 5.32 Å². The molecule has 0 heterocycles. The second-order valence-electron chi connectivity index (χ2n) is 10.9. The number of nitrogens with zero attached hydrogens (tertiary/aromatic N) is 2. The standard InChI is InChI=1S/C32H36Cl3N3O5S/c1-21-9-14-27(15-10-21)44(41,42)38(29-18-25(34)13-16-30(29)43-3)20-31(39)37(19-23-11-12-24(33)17-28(23)35)22(2)32(40)36-26-7-5-4-6-8-26/h9-18,22,26H,4-8,19-20H2,1-3H3,(H,36,40)/t22-/m0/s1. The Labute approximate surface area is 274 Å². The number of ether oxygens (including phenoxy) is 1. The lowest BCUT2D eigenvalue weighted by Crippen LogP contribution is -2.53. The van der Waals surface area contributed by atoms with Crippen LogP contribution in [0.15, 0.2) is 65.6 Å². The van der Waals surface area contributed by atoms with Crippen LogP contribution in [0.5, 0.6) is 5.75 Å². The van der Waals surface area contributed by atoms with Crippen molar-refractivity contribution in [2.75, 3.05) is 18.0 Å². The molecule has 0 bridgehead atoms. The quantitative estimate of drug-likeness (QED) is 0.235. The molecule has 8 nitrogen and oxygen atoms in total. The van der Waals surface area contributed by atoms with E-state index in [1.165, 1.54) is 36.3 Å². The monoisotopic (exact) mass is 679 g/mol. The lowest BCUT2D eigenvalue weighted by Gasteiger charge is -2.33. The second-order valence-corrected chi connectivity index (χ2v) is 14.1. The van der Waals surface area contributed by atoms with E-state index in [9.17, 15) is 18.0 Å². The topological polar surface area (TPSA) is 96.0 Å². The highest BCUT2D eigenvalue weighted by molar-refractivity contribution is 7.92. The summed E-state index contributed by atoms with van der Waals surface area (Å²) in [5.41, 5.74) is 1.50. The minimum absolute atomic E-state index is 0.0175. The highest BCUT2D eigenvalue weighted by atomic mass is 35.5. The number of rotatable bonds is 11. The lowest BCUT2D eigenvalue weighted by atomic mass is 9.95. The zero-order valence-corrected chi connectivity index (χ0v) is 27.9. The van der Waals surface area contributed by atoms with E-state index in [0.717, 1.165) is 42.0 Å². The first-order valence-corrected chi connectivity index (χ1v) is 16.9. The van der Waals surface area contributed by atoms with Gasteiger partial charge in [-0.2, -0.15) is 0 Å². The van der Waals surface area contributed by atoms with Crippen molar-refractivity contribution in [3.05, 3.63) is 86.9 Å². The summed E-state index contributed by atoms with van der Waals surface area (Å²) in [6.07, 6.45) is 4.91. The molecule has 44 heavy (non-hydrogen) atoms. The van der Waals surface area contributed by atoms with Crippen LogP contribution >= 0.6 is 34.8 Å². The highest BCUT2D eigenvalue weighted by Crippen LogP contribution is 2.35. The number of carbonyl (C=O) groups excluding carboxylic acids is 2. The van der Waals surface area contributed by atoms with Crippen LogP contribution in [-0.4, -0.2) is 50.9 Å². The molecule has 2 amide bonds. The lowest BCUT2D eigenvalue weighted by molar-refractivity contribution is -0.139. The van der Waals surface area contributed by atoms with Crippen molar-refractivity contribution in [3.8, 4) is 5.75 Å². The average Bonchev–Trinajstić information content (AvgIpc) is 2.99. The largest absolute Gasteiger partial charge is 0.495 e. The maximum Gasteiger partial charge on any atom is 0.264 e. The number of carbonyl (C=O) groups is 2. The number of anilines is 1. The third kappa shape index (κ3) is 8.18. The van der Waals surface area contributed by atoms with Gasteiger partial charge < -0.3 is 15.0 Å². The van der Waals surface area contributed by atoms with Crippen LogP contribution in [0.3, 0.4) is 0 Å². The first-order valence-electron chi connectivity index (χ1n) is 14.4. The molecule has 1 aliphatic carbocycles. The smallest absolute Gasteiger partial charge is 0.264 e. The maximum atomic E-state index is 14.3. The van der Waals surface area contributed by atoms with Crippen LogP contribution < -0.4 is 14.4 Å². The summed E-state index contributed by atoms with van der Waals surface area (Å²) in [5, 5.41) is 4.07. The first kappa shape index (κ1) is 33.9. The van der Waals surface area contributed by atoms with Crippen LogP contribution in [0.1, 0.15) is 50.2 Å². The Hall–Kier alpha value is -2.98. The zero-order chi connectivity index (χ0) is 32.0. The Bertz CT molecular complexity index is 1600. The van der Waals surface area contributed by atoms with Crippen molar-refractivity contribution in [1.82, 2.24) is 10.2 Å². The van der Waals surface area contributed by atoms with Crippen molar-refractivity contribution in [3.63, 3.8) is 0 Å². The maximum absolute atomic E-state index is 14.3. The molecule has 1 fully saturated rings. The molecule has 3 aromatic carbocycles. The minimum Gasteiger partial charge on any atom is -0.495 e. The molecule has 0 aromatic heterocycles. The van der Waals surface area contributed by atoms with Gasteiger partial charge in [0.05, 0.1) is 17.7 Å². The zero-order valence-electron chi connectivity index (χ0n) is 24.9. The van der Waals surface area contributed by atoms with Crippen LogP contribution in [0.25, 0.3) is 0 Å². The Balaban J connectivity index is 1.75. The molecule has 0 aliphatic heterocycles. The van der Waals surface area contributed by atoms with Gasteiger partial charge in [-0.15, -0.1) is 0 Å². The molecule has 0 radical (unpaired) electrons. The molecule has 0 spiro atoms. The predicted octanol–water partition coefficient (Wildman–Crippen LogP) is 7.03. The molecule has 0 unspecified atom stereocenters. The van der Waals surface area contributed by atoms with E-state index >= 15 is 0 Å². The van der Waals surface area contributed by atoms with Gasteiger partial charge in [0.1, 0.15) is 18.3 Å². The van der Waals surface area contributed by atoms with E-state index in [1.807, 2.05) is 6.92 Å². The molecule has 4 rings (SSSR count). The Morgan fingerprint density at radius 1 is 0.955 bits per heavy atom. The third-order valence-corrected chi connectivity index (χ3v) is 10.4. The fourth-order valence-electron chi connectivity index (χ4n) is 5.19. The van der Waals surface area contributed by atoms with E-state index in [4.69, 9.17) is 39.5 Å². The van der Waals surface area contributed by atoms with E-state index in [-0.39, 0.29) is 39.8 Å². The van der Waals surface area contributed by atoms with Crippen LogP contribution in [0.4, 0.5) is 5.69 Å². The van der Waals surface area contributed by atoms with Crippen LogP contribution in [0, 0.1) is 6.92 Å². The van der Waals surface area contributed by atoms with Gasteiger partial charge in [-0.25, -0.2) is 8.42 Å². The molecule has 1 saturated carbocycles. The summed E-state index contributed by atoms with van der Waals surface area (Å²) in [4.78, 5) is 29.1. The SMILES string of the molecule is COc1ccc(Cl)cc1N(CC(=O)N(Cc1ccc(Cl)cc1Cl)[C@@H](C)C(=O)NC1CCCCC1)S(=O)(=O)c1ccc(C)cc1. The Morgan fingerprint density at radius 3 is 2.23 bits per heavy atom. The average molecular weight is 681 g/mol. The molecule has 0 saturated heterocycles. The summed E-state index contributed by atoms with van der Waals surface area (Å²) >= 11 is 18.9. The van der Waals surface area contributed by atoms with Gasteiger partial charge >= 0.3 is 0 Å². The number of hydrogen-bond donors (Lipinski definition) is 1. The summed E-state index contributed by atoms with van der Waals surface area (Å²) in [6, 6.07) is 14.8. The number of hydrogen-bond acceptors (Lipinski definition) is 5. The number of amides is 2. The Kier molecular flexibility index (Phi) is 11.5. The van der Waals surface area contributed by atoms with Gasteiger partial charge in [0.15, 0.2) is 0 Å². The number of benzene rings is 3. The normalized spacial score (nSPS) is 14.5. The Morgan fingerprint density at radius 2 is 1.59 bits per heavy atom. The summed E-state index contributed by atoms with van der Waals surface area (Å²) in [5.74, 6) is -0.753. The molecular weight excluding hydrogens is 645 g/mol. The van der Waals surface area contributed by atoms with Gasteiger partial charge in [-0.1, -0.05) is 77.8 Å². The van der Waals surface area contributed by atoms with Gasteiger partial charge in [-0.05, 0) is 74.7 Å². The second kappa shape index (κ2) is 14.9. The predicted molar refractivity (Wildman–Crippen MR) is 175 cm³/mol. The number of sulfonamides is 1. The van der Waals surface area contributed by atoms with Gasteiger partial charge in [0, 0.05) is 27.7 Å². The van der Waals surface area contributed by atoms with E-state index < -0.39 is 28.5 Å². The highest BCUT2D eigenvalue weighted by Gasteiger charge is 2.34. The first-order chi connectivity index (χ1) is 20.9. The van der Waals surface area contributed by atoms with Crippen molar-refractivity contribution in [1.29, 1.82) is 0 Å². The molecular formula is C32H36Cl3N3O5S. The van der Waals surface area contributed by atoms with E-state index in [0.29, 0.717) is 15.6 Å². The molecule has 1 aliphatic rings. The summed E-state index contributed by atoms with van der Waals surface area (Å²) in [6.45, 7) is 2.77. The molecule has 12 heteroatoms. The van der Waals surface area contributed by atoms with Crippen molar-refractivity contribution in [2.45, 2.75) is 69.5 Å². The number of methoxy groups -OCH3 is 1. The van der Waals surface area contributed by atoms with Crippen molar-refractivity contribution >= 4 is 62.3 Å². The fourth-order valence-corrected chi connectivity index (χ4v) is 7.24. The third-order valence-electron chi connectivity index (χ3n) is 7.77. The van der Waals surface area contributed by atoms with Gasteiger partial charge in [-0.3, -0.25) is 13.9 Å². The van der Waals surface area contributed by atoms with Crippen LogP contribution in [0.2, 0.25) is 15.1 Å². The fraction of sp³-hybridized carbons (Fsp3) is 0.375. The van der Waals surface area contributed by atoms with Crippen molar-refractivity contribution < 1.29 is 22.7 Å². The molecule has 1 N–H and O–H groups in total. The van der Waals surface area contributed by atoms with Crippen LogP contribution in [-0.2, 0) is 26.2 Å². The number of halogens is 3.